The van der Waals surface area contributed by atoms with E-state index in [0.29, 0.717) is 17.1 Å². The highest BCUT2D eigenvalue weighted by molar-refractivity contribution is 5.99. The number of benzene rings is 1. The molecular formula is C14H18O5. The quantitative estimate of drug-likeness (QED) is 0.582. The van der Waals surface area contributed by atoms with Crippen LogP contribution in [0.15, 0.2) is 18.2 Å². The normalized spacial score (nSPS) is 11.6. The molecule has 5 heteroatoms. The van der Waals surface area contributed by atoms with Gasteiger partial charge in [-0.05, 0) is 12.1 Å². The molecule has 0 spiro atoms. The summed E-state index contributed by atoms with van der Waals surface area (Å²) < 4.78 is 14.8. The van der Waals surface area contributed by atoms with E-state index in [1.54, 1.807) is 25.1 Å². The van der Waals surface area contributed by atoms with E-state index in [1.165, 1.54) is 21.3 Å². The number of methoxy groups -OCH3 is 3. The van der Waals surface area contributed by atoms with Crippen LogP contribution in [-0.2, 0) is 9.53 Å². The molecule has 0 fully saturated rings. The molecule has 5 nitrogen and oxygen atoms in total. The number of hydrogen-bond donors (Lipinski definition) is 0. The maximum absolute atomic E-state index is 12.2. The van der Waals surface area contributed by atoms with Crippen molar-refractivity contribution in [1.29, 1.82) is 0 Å². The predicted octanol–water partition coefficient (Wildman–Crippen LogP) is 2.09. The van der Waals surface area contributed by atoms with Crippen LogP contribution in [0.5, 0.6) is 11.5 Å². The highest BCUT2D eigenvalue weighted by Gasteiger charge is 2.20. The molecule has 1 atom stereocenters. The Hall–Kier alpha value is -2.04. The van der Waals surface area contributed by atoms with E-state index in [2.05, 4.69) is 4.74 Å². The number of carbonyl (C=O) groups is 2. The van der Waals surface area contributed by atoms with E-state index in [1.807, 2.05) is 0 Å². The smallest absolute Gasteiger partial charge is 0.306 e. The second-order valence-corrected chi connectivity index (χ2v) is 4.15. The summed E-state index contributed by atoms with van der Waals surface area (Å²) in [6.07, 6.45) is 0.0505. The number of Topliss-reactive ketones (excluding diaryl/α,β-unsaturated/α-hetero) is 1. The van der Waals surface area contributed by atoms with Gasteiger partial charge in [0, 0.05) is 17.5 Å². The molecule has 0 amide bonds. The Bertz CT molecular complexity index is 445. The van der Waals surface area contributed by atoms with Crippen LogP contribution in [0.3, 0.4) is 0 Å². The van der Waals surface area contributed by atoms with Gasteiger partial charge in [0.2, 0.25) is 0 Å². The Morgan fingerprint density at radius 2 is 1.58 bits per heavy atom. The summed E-state index contributed by atoms with van der Waals surface area (Å²) in [5.41, 5.74) is 0.451. The van der Waals surface area contributed by atoms with Crippen molar-refractivity contribution in [2.75, 3.05) is 21.3 Å². The molecule has 0 aromatic heterocycles. The zero-order chi connectivity index (χ0) is 14.4. The minimum atomic E-state index is -0.454. The lowest BCUT2D eigenvalue weighted by atomic mass is 9.96. The largest absolute Gasteiger partial charge is 0.497 e. The highest BCUT2D eigenvalue weighted by Crippen LogP contribution is 2.25. The Kier molecular flexibility index (Phi) is 5.36. The molecule has 19 heavy (non-hydrogen) atoms. The molecule has 104 valence electrons. The molecule has 0 N–H and O–H groups in total. The first kappa shape index (κ1) is 15.0. The van der Waals surface area contributed by atoms with Gasteiger partial charge in [-0.25, -0.2) is 0 Å². The summed E-state index contributed by atoms with van der Waals surface area (Å²) >= 11 is 0. The van der Waals surface area contributed by atoms with Crippen LogP contribution in [-0.4, -0.2) is 33.1 Å². The lowest BCUT2D eigenvalue weighted by Crippen LogP contribution is -2.16. The van der Waals surface area contributed by atoms with Crippen molar-refractivity contribution in [3.05, 3.63) is 23.8 Å². The topological polar surface area (TPSA) is 61.8 Å². The number of ether oxygens (including phenoxy) is 3. The number of hydrogen-bond acceptors (Lipinski definition) is 5. The molecule has 0 heterocycles. The number of ketones is 1. The van der Waals surface area contributed by atoms with Gasteiger partial charge in [0.15, 0.2) is 5.78 Å². The minimum Gasteiger partial charge on any atom is -0.497 e. The Morgan fingerprint density at radius 3 is 2.00 bits per heavy atom. The average molecular weight is 266 g/mol. The van der Waals surface area contributed by atoms with Gasteiger partial charge in [-0.2, -0.15) is 0 Å². The first-order chi connectivity index (χ1) is 9.01. The standard InChI is InChI=1S/C14H18O5/c1-9(5-13(15)19-4)14(16)10-6-11(17-2)8-12(7-10)18-3/h6-9H,5H2,1-4H3. The van der Waals surface area contributed by atoms with Crippen LogP contribution in [0.4, 0.5) is 0 Å². The van der Waals surface area contributed by atoms with E-state index in [4.69, 9.17) is 9.47 Å². The first-order valence-corrected chi connectivity index (χ1v) is 5.86. The first-order valence-electron chi connectivity index (χ1n) is 5.86. The zero-order valence-corrected chi connectivity index (χ0v) is 11.6. The fourth-order valence-corrected chi connectivity index (χ4v) is 1.66. The van der Waals surface area contributed by atoms with Gasteiger partial charge in [-0.3, -0.25) is 9.59 Å². The Morgan fingerprint density at radius 1 is 1.05 bits per heavy atom. The molecule has 0 radical (unpaired) electrons. The van der Waals surface area contributed by atoms with E-state index >= 15 is 0 Å². The summed E-state index contributed by atoms with van der Waals surface area (Å²) in [6.45, 7) is 1.69. The van der Waals surface area contributed by atoms with E-state index in [-0.39, 0.29) is 12.2 Å². The molecule has 1 aromatic carbocycles. The average Bonchev–Trinajstić information content (AvgIpc) is 2.45. The molecule has 0 saturated carbocycles. The molecule has 0 aliphatic carbocycles. The van der Waals surface area contributed by atoms with E-state index in [0.717, 1.165) is 0 Å². The summed E-state index contributed by atoms with van der Waals surface area (Å²) in [6, 6.07) is 4.93. The molecule has 1 unspecified atom stereocenters. The van der Waals surface area contributed by atoms with Crippen LogP contribution in [0, 0.1) is 5.92 Å². The Balaban J connectivity index is 2.95. The van der Waals surface area contributed by atoms with Crippen molar-refractivity contribution < 1.29 is 23.8 Å². The third-order valence-corrected chi connectivity index (χ3v) is 2.78. The van der Waals surface area contributed by atoms with Crippen LogP contribution in [0.2, 0.25) is 0 Å². The minimum absolute atomic E-state index is 0.0505. The third-order valence-electron chi connectivity index (χ3n) is 2.78. The molecule has 0 saturated heterocycles. The Labute approximate surface area is 112 Å². The monoisotopic (exact) mass is 266 g/mol. The second kappa shape index (κ2) is 6.78. The van der Waals surface area contributed by atoms with Gasteiger partial charge >= 0.3 is 5.97 Å². The fourth-order valence-electron chi connectivity index (χ4n) is 1.66. The lowest BCUT2D eigenvalue weighted by Gasteiger charge is -2.11. The van der Waals surface area contributed by atoms with Crippen LogP contribution in [0.25, 0.3) is 0 Å². The molecule has 1 aromatic rings. The summed E-state index contributed by atoms with van der Waals surface area (Å²) in [4.78, 5) is 23.4. The molecular weight excluding hydrogens is 248 g/mol. The molecule has 0 aliphatic rings. The maximum atomic E-state index is 12.2. The predicted molar refractivity (Wildman–Crippen MR) is 69.7 cm³/mol. The van der Waals surface area contributed by atoms with Crippen LogP contribution >= 0.6 is 0 Å². The van der Waals surface area contributed by atoms with Gasteiger partial charge < -0.3 is 14.2 Å². The van der Waals surface area contributed by atoms with Gasteiger partial charge in [0.25, 0.3) is 0 Å². The fraction of sp³-hybridized carbons (Fsp3) is 0.429. The summed E-state index contributed by atoms with van der Waals surface area (Å²) in [5, 5.41) is 0. The van der Waals surface area contributed by atoms with Gasteiger partial charge in [0.05, 0.1) is 27.8 Å². The second-order valence-electron chi connectivity index (χ2n) is 4.15. The van der Waals surface area contributed by atoms with Crippen LogP contribution in [0.1, 0.15) is 23.7 Å². The van der Waals surface area contributed by atoms with Gasteiger partial charge in [0.1, 0.15) is 11.5 Å². The van der Waals surface area contributed by atoms with Crippen LogP contribution < -0.4 is 9.47 Å². The van der Waals surface area contributed by atoms with Gasteiger partial charge in [-0.15, -0.1) is 0 Å². The zero-order valence-electron chi connectivity index (χ0n) is 11.6. The number of carbonyl (C=O) groups excluding carboxylic acids is 2. The summed E-state index contributed by atoms with van der Waals surface area (Å²) in [5.74, 6) is 0.0588. The van der Waals surface area contributed by atoms with E-state index in [9.17, 15) is 9.59 Å². The maximum Gasteiger partial charge on any atom is 0.306 e. The third kappa shape index (κ3) is 3.98. The molecule has 0 bridgehead atoms. The van der Waals surface area contributed by atoms with Crippen molar-refractivity contribution in [2.45, 2.75) is 13.3 Å². The van der Waals surface area contributed by atoms with E-state index < -0.39 is 11.9 Å². The lowest BCUT2D eigenvalue weighted by molar-refractivity contribution is -0.141. The SMILES string of the molecule is COC(=O)CC(C)C(=O)c1cc(OC)cc(OC)c1. The number of esters is 1. The van der Waals surface area contributed by atoms with Gasteiger partial charge in [-0.1, -0.05) is 6.92 Å². The van der Waals surface area contributed by atoms with Crippen molar-refractivity contribution in [3.63, 3.8) is 0 Å². The van der Waals surface area contributed by atoms with Crippen molar-refractivity contribution >= 4 is 11.8 Å². The molecule has 1 rings (SSSR count). The molecule has 0 aliphatic heterocycles. The van der Waals surface area contributed by atoms with Crippen molar-refractivity contribution in [1.82, 2.24) is 0 Å². The van der Waals surface area contributed by atoms with Crippen molar-refractivity contribution in [2.24, 2.45) is 5.92 Å². The summed E-state index contributed by atoms with van der Waals surface area (Å²) in [7, 11) is 4.33. The highest BCUT2D eigenvalue weighted by atomic mass is 16.5. The number of rotatable bonds is 6. The van der Waals surface area contributed by atoms with Crippen molar-refractivity contribution in [3.8, 4) is 11.5 Å².